The highest BCUT2D eigenvalue weighted by molar-refractivity contribution is 7.54. The van der Waals surface area contributed by atoms with E-state index in [0.717, 1.165) is 17.7 Å². The largest absolute Gasteiger partial charge is 0.495 e. The van der Waals surface area contributed by atoms with Crippen LogP contribution in [0.15, 0.2) is 36.4 Å². The molecule has 2 aromatic carbocycles. The van der Waals surface area contributed by atoms with Crippen LogP contribution in [0.2, 0.25) is 10.0 Å². The summed E-state index contributed by atoms with van der Waals surface area (Å²) in [6.07, 6.45) is 0.130. The SMILES string of the molecule is CCc1ccccc1NC(c1cc(Cl)cc(Cl)c1OC)P(=O)(OC(C)C)OC(C)C. The van der Waals surface area contributed by atoms with Gasteiger partial charge in [0.05, 0.1) is 24.3 Å². The average Bonchev–Trinajstić information content (AvgIpc) is 2.64. The lowest BCUT2D eigenvalue weighted by Crippen LogP contribution is -2.20. The smallest absolute Gasteiger partial charge is 0.357 e. The molecule has 0 saturated heterocycles. The number of rotatable bonds is 10. The Bertz CT molecular complexity index is 891. The third-order valence-corrected chi connectivity index (χ3v) is 7.23. The molecule has 0 heterocycles. The maximum Gasteiger partial charge on any atom is 0.357 e. The molecule has 1 N–H and O–H groups in total. The van der Waals surface area contributed by atoms with Crippen LogP contribution >= 0.6 is 30.8 Å². The second-order valence-electron chi connectivity index (χ2n) is 7.42. The molecule has 0 bridgehead atoms. The van der Waals surface area contributed by atoms with Gasteiger partial charge in [0.1, 0.15) is 5.75 Å². The van der Waals surface area contributed by atoms with Gasteiger partial charge >= 0.3 is 7.60 Å². The summed E-state index contributed by atoms with van der Waals surface area (Å²) in [6, 6.07) is 11.1. The fourth-order valence-electron chi connectivity index (χ4n) is 3.18. The van der Waals surface area contributed by atoms with E-state index in [1.807, 2.05) is 52.0 Å². The molecule has 1 unspecified atom stereocenters. The molecule has 0 saturated carbocycles. The molecule has 0 radical (unpaired) electrons. The number of nitrogens with one attached hydrogen (secondary N) is 1. The van der Waals surface area contributed by atoms with E-state index < -0.39 is 13.4 Å². The van der Waals surface area contributed by atoms with Crippen molar-refractivity contribution in [1.82, 2.24) is 0 Å². The number of para-hydroxylation sites is 1. The van der Waals surface area contributed by atoms with Crippen LogP contribution in [-0.2, 0) is 20.0 Å². The summed E-state index contributed by atoms with van der Waals surface area (Å²) in [5.41, 5.74) is 2.39. The second-order valence-corrected chi connectivity index (χ2v) is 10.3. The van der Waals surface area contributed by atoms with Gasteiger partial charge in [-0.25, -0.2) is 0 Å². The van der Waals surface area contributed by atoms with Crippen LogP contribution in [0.4, 0.5) is 5.69 Å². The van der Waals surface area contributed by atoms with Crippen LogP contribution in [0.3, 0.4) is 0 Å². The van der Waals surface area contributed by atoms with E-state index in [1.165, 1.54) is 7.11 Å². The lowest BCUT2D eigenvalue weighted by Gasteiger charge is -2.32. The molecule has 0 aliphatic rings. The van der Waals surface area contributed by atoms with Crippen molar-refractivity contribution in [3.05, 3.63) is 57.6 Å². The van der Waals surface area contributed by atoms with E-state index in [1.54, 1.807) is 12.1 Å². The van der Waals surface area contributed by atoms with E-state index in [4.69, 9.17) is 37.0 Å². The monoisotopic (exact) mass is 473 g/mol. The number of benzene rings is 2. The van der Waals surface area contributed by atoms with E-state index >= 15 is 0 Å². The molecular weight excluding hydrogens is 444 g/mol. The van der Waals surface area contributed by atoms with E-state index in [0.29, 0.717) is 21.4 Å². The number of hydrogen-bond donors (Lipinski definition) is 1. The van der Waals surface area contributed by atoms with Crippen molar-refractivity contribution in [3.63, 3.8) is 0 Å². The van der Waals surface area contributed by atoms with Crippen LogP contribution in [0.25, 0.3) is 0 Å². The lowest BCUT2D eigenvalue weighted by molar-refractivity contribution is 0.138. The quantitative estimate of drug-likeness (QED) is 0.357. The molecule has 2 rings (SSSR count). The van der Waals surface area contributed by atoms with Crippen molar-refractivity contribution in [2.24, 2.45) is 0 Å². The van der Waals surface area contributed by atoms with Crippen molar-refractivity contribution in [3.8, 4) is 5.75 Å². The Kier molecular flexibility index (Phi) is 9.08. The normalized spacial score (nSPS) is 13.0. The molecule has 0 aromatic heterocycles. The topological polar surface area (TPSA) is 56.8 Å². The summed E-state index contributed by atoms with van der Waals surface area (Å²) >= 11 is 12.7. The van der Waals surface area contributed by atoms with Crippen LogP contribution in [0, 0.1) is 0 Å². The number of hydrogen-bond acceptors (Lipinski definition) is 5. The highest BCUT2D eigenvalue weighted by Crippen LogP contribution is 2.64. The third kappa shape index (κ3) is 6.15. The lowest BCUT2D eigenvalue weighted by atomic mass is 10.1. The minimum Gasteiger partial charge on any atom is -0.495 e. The second kappa shape index (κ2) is 10.9. The van der Waals surface area contributed by atoms with Gasteiger partial charge in [-0.3, -0.25) is 4.57 Å². The standard InChI is InChI=1S/C22H30Cl2NO4P/c1-7-16-10-8-9-11-20(16)25-22(30(26,28-14(2)3)29-15(4)5)18-12-17(23)13-19(24)21(18)27-6/h8-15,22,25H,7H2,1-6H3. The summed E-state index contributed by atoms with van der Waals surface area (Å²) in [4.78, 5) is 0. The van der Waals surface area contributed by atoms with Gasteiger partial charge in [-0.2, -0.15) is 0 Å². The van der Waals surface area contributed by atoms with Gasteiger partial charge in [-0.05, 0) is 57.9 Å². The first-order valence-electron chi connectivity index (χ1n) is 9.95. The van der Waals surface area contributed by atoms with Crippen molar-refractivity contribution in [1.29, 1.82) is 0 Å². The molecule has 5 nitrogen and oxygen atoms in total. The van der Waals surface area contributed by atoms with Crippen LogP contribution in [0.1, 0.15) is 51.5 Å². The van der Waals surface area contributed by atoms with Gasteiger partial charge in [0.15, 0.2) is 5.78 Å². The summed E-state index contributed by atoms with van der Waals surface area (Å²) in [7, 11) is -2.24. The van der Waals surface area contributed by atoms with Crippen molar-refractivity contribution >= 4 is 36.5 Å². The predicted octanol–water partition coefficient (Wildman–Crippen LogP) is 7.72. The molecule has 0 aliphatic carbocycles. The Hall–Kier alpha value is -1.23. The molecule has 166 valence electrons. The summed E-state index contributed by atoms with van der Waals surface area (Å²) in [6.45, 7) is 9.32. The van der Waals surface area contributed by atoms with Crippen LogP contribution < -0.4 is 10.1 Å². The zero-order chi connectivity index (χ0) is 22.5. The van der Waals surface area contributed by atoms with Gasteiger partial charge in [-0.15, -0.1) is 0 Å². The number of aryl methyl sites for hydroxylation is 1. The van der Waals surface area contributed by atoms with Crippen LogP contribution in [0.5, 0.6) is 5.75 Å². The Balaban J connectivity index is 2.73. The molecule has 0 fully saturated rings. The predicted molar refractivity (Wildman–Crippen MR) is 125 cm³/mol. The zero-order valence-electron chi connectivity index (χ0n) is 18.2. The Morgan fingerprint density at radius 1 is 1.03 bits per heavy atom. The van der Waals surface area contributed by atoms with Crippen LogP contribution in [-0.4, -0.2) is 19.3 Å². The fourth-order valence-corrected chi connectivity index (χ4v) is 6.06. The Morgan fingerprint density at radius 2 is 1.63 bits per heavy atom. The number of methoxy groups -OCH3 is 1. The maximum atomic E-state index is 14.2. The van der Waals surface area contributed by atoms with Gasteiger partial charge in [0.2, 0.25) is 0 Å². The number of ether oxygens (including phenoxy) is 1. The molecule has 0 spiro atoms. The fraction of sp³-hybridized carbons (Fsp3) is 0.455. The van der Waals surface area contributed by atoms with E-state index in [9.17, 15) is 4.57 Å². The molecule has 8 heteroatoms. The number of anilines is 1. The molecule has 1 atom stereocenters. The van der Waals surface area contributed by atoms with Crippen molar-refractivity contribution in [2.45, 2.75) is 59.0 Å². The first-order chi connectivity index (χ1) is 14.1. The van der Waals surface area contributed by atoms with E-state index in [2.05, 4.69) is 12.2 Å². The third-order valence-electron chi connectivity index (χ3n) is 4.26. The molecule has 0 amide bonds. The average molecular weight is 474 g/mol. The molecular formula is C22H30Cl2NO4P. The van der Waals surface area contributed by atoms with Crippen molar-refractivity contribution < 1.29 is 18.3 Å². The summed E-state index contributed by atoms with van der Waals surface area (Å²) in [5.74, 6) is -0.520. The first-order valence-corrected chi connectivity index (χ1v) is 12.3. The molecule has 2 aromatic rings. The zero-order valence-corrected chi connectivity index (χ0v) is 20.6. The summed E-state index contributed by atoms with van der Waals surface area (Å²) < 4.78 is 31.6. The van der Waals surface area contributed by atoms with Gasteiger partial charge in [0, 0.05) is 16.3 Å². The van der Waals surface area contributed by atoms with Gasteiger partial charge < -0.3 is 19.1 Å². The first kappa shape index (κ1) is 25.0. The van der Waals surface area contributed by atoms with Gasteiger partial charge in [0.25, 0.3) is 0 Å². The van der Waals surface area contributed by atoms with Gasteiger partial charge in [-0.1, -0.05) is 48.3 Å². The van der Waals surface area contributed by atoms with E-state index in [-0.39, 0.29) is 12.2 Å². The number of halogens is 2. The van der Waals surface area contributed by atoms with Crippen molar-refractivity contribution in [2.75, 3.05) is 12.4 Å². The Morgan fingerprint density at radius 3 is 2.17 bits per heavy atom. The maximum absolute atomic E-state index is 14.2. The highest BCUT2D eigenvalue weighted by Gasteiger charge is 2.42. The molecule has 30 heavy (non-hydrogen) atoms. The minimum absolute atomic E-state index is 0.316. The minimum atomic E-state index is -3.75. The summed E-state index contributed by atoms with van der Waals surface area (Å²) in [5, 5.41) is 4.10. The molecule has 0 aliphatic heterocycles. The highest BCUT2D eigenvalue weighted by atomic mass is 35.5. The Labute approximate surface area is 189 Å².